The fourth-order valence-electron chi connectivity index (χ4n) is 5.46. The minimum Gasteiger partial charge on any atom is -0.343 e. The van der Waals surface area contributed by atoms with E-state index >= 15 is 0 Å². The third-order valence-corrected chi connectivity index (χ3v) is 7.33. The highest BCUT2D eigenvalue weighted by molar-refractivity contribution is 6.00. The lowest BCUT2D eigenvalue weighted by atomic mass is 10.0. The van der Waals surface area contributed by atoms with Gasteiger partial charge in [-0.2, -0.15) is 0 Å². The number of amides is 3. The summed E-state index contributed by atoms with van der Waals surface area (Å²) in [5.41, 5.74) is 5.74. The number of hydrogen-bond acceptors (Lipinski definition) is 5. The van der Waals surface area contributed by atoms with Crippen LogP contribution in [0.5, 0.6) is 0 Å². The van der Waals surface area contributed by atoms with Crippen LogP contribution >= 0.6 is 0 Å². The molecule has 1 N–H and O–H groups in total. The molecule has 2 aromatic carbocycles. The van der Waals surface area contributed by atoms with E-state index in [0.29, 0.717) is 12.5 Å². The summed E-state index contributed by atoms with van der Waals surface area (Å²) in [5, 5.41) is 3.61. The Hall–Kier alpha value is -2.90. The molecule has 2 aromatic rings. The molecule has 0 aromatic heterocycles. The Morgan fingerprint density at radius 1 is 1.00 bits per heavy atom. The summed E-state index contributed by atoms with van der Waals surface area (Å²) in [7, 11) is 1.80. The first-order valence-corrected chi connectivity index (χ1v) is 11.7. The number of hydrogen-bond donors (Lipinski definition) is 1. The van der Waals surface area contributed by atoms with Crippen molar-refractivity contribution in [3.8, 4) is 0 Å². The van der Waals surface area contributed by atoms with Crippen LogP contribution in [-0.4, -0.2) is 65.3 Å². The molecular weight excluding hydrogens is 414 g/mol. The number of rotatable bonds is 3. The Bertz CT molecular complexity index is 1100. The molecule has 174 valence electrons. The van der Waals surface area contributed by atoms with E-state index in [1.54, 1.807) is 11.9 Å². The predicted molar refractivity (Wildman–Crippen MR) is 129 cm³/mol. The standard InChI is InChI=1S/C26H33N5O2/c1-16-7-6-8-20(11-16)15-31-24(32)22-23(28(5)26(31)33)27-25-29(13-17(2)14-30(22)25)21-10-9-18(3)19(4)12-21/h6-12,17,22-23,25,27H,13-15H2,1-5H3. The number of urea groups is 1. The molecule has 0 spiro atoms. The van der Waals surface area contributed by atoms with Gasteiger partial charge in [0.05, 0.1) is 6.54 Å². The zero-order valence-corrected chi connectivity index (χ0v) is 20.1. The maximum Gasteiger partial charge on any atom is 0.328 e. The van der Waals surface area contributed by atoms with Crippen LogP contribution in [0.3, 0.4) is 0 Å². The number of benzene rings is 2. The Kier molecular flexibility index (Phi) is 5.41. The monoisotopic (exact) mass is 447 g/mol. The SMILES string of the molecule is Cc1cccc(CN2C(=O)C3C(NC4N(c5ccc(C)c(C)c5)CC(C)CN34)N(C)C2=O)c1. The number of nitrogens with one attached hydrogen (secondary N) is 1. The maximum absolute atomic E-state index is 13.7. The van der Waals surface area contributed by atoms with E-state index in [1.165, 1.54) is 16.0 Å². The number of carbonyl (C=O) groups is 2. The number of nitrogens with zero attached hydrogens (tertiary/aromatic N) is 4. The van der Waals surface area contributed by atoms with Crippen molar-refractivity contribution in [2.45, 2.75) is 52.7 Å². The highest BCUT2D eigenvalue weighted by Crippen LogP contribution is 2.35. The van der Waals surface area contributed by atoms with Crippen molar-refractivity contribution < 1.29 is 9.59 Å². The Balaban J connectivity index is 1.46. The van der Waals surface area contributed by atoms with Gasteiger partial charge in [0.25, 0.3) is 5.91 Å². The second-order valence-corrected chi connectivity index (χ2v) is 9.96. The number of anilines is 1. The molecule has 3 aliphatic heterocycles. The van der Waals surface area contributed by atoms with Crippen molar-refractivity contribution in [3.05, 3.63) is 64.7 Å². The molecule has 3 fully saturated rings. The summed E-state index contributed by atoms with van der Waals surface area (Å²) in [5.74, 6) is 0.276. The van der Waals surface area contributed by atoms with Gasteiger partial charge < -0.3 is 9.80 Å². The molecule has 0 bridgehead atoms. The fourth-order valence-corrected chi connectivity index (χ4v) is 5.46. The zero-order valence-electron chi connectivity index (χ0n) is 20.1. The van der Waals surface area contributed by atoms with Crippen LogP contribution in [0.1, 0.15) is 29.2 Å². The van der Waals surface area contributed by atoms with Gasteiger partial charge in [0.2, 0.25) is 0 Å². The second kappa shape index (κ2) is 8.15. The molecule has 3 heterocycles. The molecule has 0 aliphatic carbocycles. The van der Waals surface area contributed by atoms with E-state index in [1.807, 2.05) is 31.2 Å². The van der Waals surface area contributed by atoms with E-state index in [0.717, 1.165) is 29.9 Å². The van der Waals surface area contributed by atoms with Crippen molar-refractivity contribution in [1.29, 1.82) is 0 Å². The lowest BCUT2D eigenvalue weighted by Gasteiger charge is -2.46. The van der Waals surface area contributed by atoms with Gasteiger partial charge in [-0.15, -0.1) is 0 Å². The van der Waals surface area contributed by atoms with Crippen molar-refractivity contribution in [2.75, 3.05) is 25.0 Å². The summed E-state index contributed by atoms with van der Waals surface area (Å²) in [6.45, 7) is 10.5. The molecule has 33 heavy (non-hydrogen) atoms. The highest BCUT2D eigenvalue weighted by Gasteiger charge is 2.56. The molecule has 0 radical (unpaired) electrons. The molecule has 3 amide bonds. The number of carbonyl (C=O) groups excluding carboxylic acids is 2. The van der Waals surface area contributed by atoms with E-state index in [2.05, 4.69) is 54.1 Å². The Morgan fingerprint density at radius 3 is 2.52 bits per heavy atom. The lowest BCUT2D eigenvalue weighted by molar-refractivity contribution is -0.139. The second-order valence-electron chi connectivity index (χ2n) is 9.96. The van der Waals surface area contributed by atoms with Gasteiger partial charge in [-0.25, -0.2) is 4.79 Å². The maximum atomic E-state index is 13.7. The van der Waals surface area contributed by atoms with E-state index in [-0.39, 0.29) is 24.4 Å². The largest absolute Gasteiger partial charge is 0.343 e. The van der Waals surface area contributed by atoms with Crippen molar-refractivity contribution in [3.63, 3.8) is 0 Å². The highest BCUT2D eigenvalue weighted by atomic mass is 16.2. The van der Waals surface area contributed by atoms with Gasteiger partial charge in [0.1, 0.15) is 18.5 Å². The van der Waals surface area contributed by atoms with Gasteiger partial charge >= 0.3 is 6.03 Å². The molecule has 7 nitrogen and oxygen atoms in total. The molecule has 7 heteroatoms. The van der Waals surface area contributed by atoms with Crippen molar-refractivity contribution in [1.82, 2.24) is 20.0 Å². The number of fused-ring (bicyclic) bond motifs is 3. The first-order valence-electron chi connectivity index (χ1n) is 11.7. The van der Waals surface area contributed by atoms with Gasteiger partial charge in [-0.05, 0) is 55.5 Å². The third-order valence-electron chi connectivity index (χ3n) is 7.33. The van der Waals surface area contributed by atoms with Gasteiger partial charge in [-0.3, -0.25) is 19.9 Å². The Morgan fingerprint density at radius 2 is 1.79 bits per heavy atom. The van der Waals surface area contributed by atoms with Crippen molar-refractivity contribution >= 4 is 17.6 Å². The summed E-state index contributed by atoms with van der Waals surface area (Å²) in [6, 6.07) is 13.9. The van der Waals surface area contributed by atoms with Gasteiger partial charge in [0, 0.05) is 25.8 Å². The average Bonchev–Trinajstić information content (AvgIpc) is 3.16. The van der Waals surface area contributed by atoms with Crippen LogP contribution in [0.25, 0.3) is 0 Å². The predicted octanol–water partition coefficient (Wildman–Crippen LogP) is 3.05. The quantitative estimate of drug-likeness (QED) is 0.784. The molecule has 3 saturated heterocycles. The van der Waals surface area contributed by atoms with Crippen LogP contribution in [0.4, 0.5) is 10.5 Å². The Labute approximate surface area is 195 Å². The van der Waals surface area contributed by atoms with Crippen LogP contribution < -0.4 is 10.2 Å². The van der Waals surface area contributed by atoms with Crippen LogP contribution in [0.15, 0.2) is 42.5 Å². The summed E-state index contributed by atoms with van der Waals surface area (Å²) in [4.78, 5) is 34.7. The zero-order chi connectivity index (χ0) is 23.4. The lowest BCUT2D eigenvalue weighted by Crippen LogP contribution is -2.66. The molecule has 4 atom stereocenters. The number of imide groups is 1. The van der Waals surface area contributed by atoms with Gasteiger partial charge in [-0.1, -0.05) is 42.8 Å². The van der Waals surface area contributed by atoms with Crippen LogP contribution in [0, 0.1) is 26.7 Å². The summed E-state index contributed by atoms with van der Waals surface area (Å²) < 4.78 is 0. The number of likely N-dealkylation sites (N-methyl/N-ethyl adjacent to an activating group) is 1. The number of aryl methyl sites for hydroxylation is 3. The summed E-state index contributed by atoms with van der Waals surface area (Å²) >= 11 is 0. The van der Waals surface area contributed by atoms with E-state index in [9.17, 15) is 9.59 Å². The molecule has 0 saturated carbocycles. The summed E-state index contributed by atoms with van der Waals surface area (Å²) in [6.07, 6.45) is -0.473. The van der Waals surface area contributed by atoms with Crippen molar-refractivity contribution in [2.24, 2.45) is 5.92 Å². The van der Waals surface area contributed by atoms with Crippen LogP contribution in [-0.2, 0) is 11.3 Å². The average molecular weight is 448 g/mol. The minimum absolute atomic E-state index is 0.117. The van der Waals surface area contributed by atoms with Crippen LogP contribution in [0.2, 0.25) is 0 Å². The molecule has 3 aliphatic rings. The normalized spacial score (nSPS) is 27.7. The topological polar surface area (TPSA) is 59.1 Å². The van der Waals surface area contributed by atoms with E-state index < -0.39 is 6.04 Å². The fraction of sp³-hybridized carbons (Fsp3) is 0.462. The first-order chi connectivity index (χ1) is 15.7. The van der Waals surface area contributed by atoms with E-state index in [4.69, 9.17) is 0 Å². The van der Waals surface area contributed by atoms with Gasteiger partial charge in [0.15, 0.2) is 0 Å². The third kappa shape index (κ3) is 3.69. The molecule has 4 unspecified atom stereocenters. The molecule has 5 rings (SSSR count). The molecular formula is C26H33N5O2. The first kappa shape index (κ1) is 21.9. The minimum atomic E-state index is -0.403. The smallest absolute Gasteiger partial charge is 0.328 e.